The molecule has 0 amide bonds. The van der Waals surface area contributed by atoms with E-state index in [0.29, 0.717) is 12.1 Å². The first-order chi connectivity index (χ1) is 8.15. The summed E-state index contributed by atoms with van der Waals surface area (Å²) < 4.78 is 19.3. The predicted octanol–water partition coefficient (Wildman–Crippen LogP) is 3.69. The molecule has 0 unspecified atom stereocenters. The average molecular weight is 235 g/mol. The van der Waals surface area contributed by atoms with Crippen LogP contribution in [0.1, 0.15) is 30.2 Å². The minimum atomic E-state index is -0.282. The van der Waals surface area contributed by atoms with Gasteiger partial charge in [0, 0.05) is 10.9 Å². The molecule has 0 aliphatic heterocycles. The largest absolute Gasteiger partial charge is 0.456 e. The number of hydrogen-bond donors (Lipinski definition) is 1. The molecule has 1 heterocycles. The summed E-state index contributed by atoms with van der Waals surface area (Å²) in [6.45, 7) is 7.68. The normalized spacial score (nSPS) is 11.3. The van der Waals surface area contributed by atoms with Gasteiger partial charge in [0.05, 0.1) is 6.54 Å². The Morgan fingerprint density at radius 1 is 1.29 bits per heavy atom. The topological polar surface area (TPSA) is 25.2 Å². The van der Waals surface area contributed by atoms with Gasteiger partial charge in [0.25, 0.3) is 0 Å². The van der Waals surface area contributed by atoms with Gasteiger partial charge in [0.15, 0.2) is 11.4 Å². The Hall–Kier alpha value is -1.35. The number of benzene rings is 1. The molecule has 0 saturated heterocycles. The van der Waals surface area contributed by atoms with Crippen molar-refractivity contribution in [2.24, 2.45) is 0 Å². The second-order valence-corrected chi connectivity index (χ2v) is 4.40. The van der Waals surface area contributed by atoms with Crippen molar-refractivity contribution in [1.29, 1.82) is 0 Å². The molecular weight excluding hydrogens is 217 g/mol. The molecule has 0 saturated carbocycles. The Kier molecular flexibility index (Phi) is 3.48. The maximum atomic E-state index is 13.6. The quantitative estimate of drug-likeness (QED) is 0.818. The van der Waals surface area contributed by atoms with Crippen LogP contribution in [0.15, 0.2) is 16.5 Å². The summed E-state index contributed by atoms with van der Waals surface area (Å²) in [6, 6.07) is 3.26. The Balaban J connectivity index is 2.42. The molecule has 0 atom stereocenters. The van der Waals surface area contributed by atoms with Gasteiger partial charge in [0.1, 0.15) is 5.76 Å². The van der Waals surface area contributed by atoms with Gasteiger partial charge in [0.2, 0.25) is 0 Å². The predicted molar refractivity (Wildman–Crippen MR) is 67.6 cm³/mol. The van der Waals surface area contributed by atoms with Gasteiger partial charge >= 0.3 is 0 Å². The summed E-state index contributed by atoms with van der Waals surface area (Å²) in [5.41, 5.74) is 2.49. The van der Waals surface area contributed by atoms with E-state index in [-0.39, 0.29) is 5.82 Å². The van der Waals surface area contributed by atoms with Gasteiger partial charge in [-0.2, -0.15) is 0 Å². The lowest BCUT2D eigenvalue weighted by Crippen LogP contribution is -2.13. The van der Waals surface area contributed by atoms with Crippen molar-refractivity contribution in [3.8, 4) is 0 Å². The summed E-state index contributed by atoms with van der Waals surface area (Å²) >= 11 is 0. The molecule has 2 rings (SSSR count). The van der Waals surface area contributed by atoms with E-state index in [2.05, 4.69) is 12.2 Å². The van der Waals surface area contributed by atoms with Crippen molar-refractivity contribution >= 4 is 11.0 Å². The van der Waals surface area contributed by atoms with E-state index in [0.717, 1.165) is 35.2 Å². The van der Waals surface area contributed by atoms with Gasteiger partial charge < -0.3 is 9.73 Å². The lowest BCUT2D eigenvalue weighted by molar-refractivity contribution is 0.492. The van der Waals surface area contributed by atoms with Crippen LogP contribution < -0.4 is 5.32 Å². The number of halogens is 1. The summed E-state index contributed by atoms with van der Waals surface area (Å²) in [5.74, 6) is 0.553. The Bertz CT molecular complexity index is 530. The summed E-state index contributed by atoms with van der Waals surface area (Å²) in [5, 5.41) is 4.19. The lowest BCUT2D eigenvalue weighted by atomic mass is 10.1. The van der Waals surface area contributed by atoms with Crippen LogP contribution in [-0.4, -0.2) is 6.54 Å². The fraction of sp³-hybridized carbons (Fsp3) is 0.429. The third-order valence-electron chi connectivity index (χ3n) is 3.05. The Morgan fingerprint density at radius 2 is 2.06 bits per heavy atom. The molecule has 17 heavy (non-hydrogen) atoms. The molecule has 0 bridgehead atoms. The van der Waals surface area contributed by atoms with Crippen molar-refractivity contribution in [3.05, 3.63) is 34.8 Å². The van der Waals surface area contributed by atoms with Crippen LogP contribution in [0.25, 0.3) is 11.0 Å². The molecule has 92 valence electrons. The molecular formula is C14H18FNO. The van der Waals surface area contributed by atoms with Crippen LogP contribution in [0.4, 0.5) is 4.39 Å². The molecule has 0 aliphatic carbocycles. The van der Waals surface area contributed by atoms with Crippen molar-refractivity contribution in [2.75, 3.05) is 6.54 Å². The maximum absolute atomic E-state index is 13.6. The first-order valence-corrected chi connectivity index (χ1v) is 6.03. The van der Waals surface area contributed by atoms with Gasteiger partial charge in [-0.25, -0.2) is 4.39 Å². The van der Waals surface area contributed by atoms with Crippen LogP contribution in [-0.2, 0) is 6.54 Å². The smallest absolute Gasteiger partial charge is 0.170 e. The first-order valence-electron chi connectivity index (χ1n) is 6.03. The minimum Gasteiger partial charge on any atom is -0.456 e. The first kappa shape index (κ1) is 12.1. The molecule has 1 aromatic carbocycles. The fourth-order valence-corrected chi connectivity index (χ4v) is 2.11. The van der Waals surface area contributed by atoms with Crippen LogP contribution in [0.3, 0.4) is 0 Å². The Morgan fingerprint density at radius 3 is 2.71 bits per heavy atom. The van der Waals surface area contributed by atoms with E-state index in [1.165, 1.54) is 6.07 Å². The zero-order chi connectivity index (χ0) is 12.4. The maximum Gasteiger partial charge on any atom is 0.170 e. The van der Waals surface area contributed by atoms with Crippen LogP contribution in [0.2, 0.25) is 0 Å². The number of rotatable bonds is 4. The lowest BCUT2D eigenvalue weighted by Gasteiger charge is -2.00. The molecule has 1 N–H and O–H groups in total. The molecule has 1 aromatic heterocycles. The van der Waals surface area contributed by atoms with E-state index in [1.807, 2.05) is 13.8 Å². The highest BCUT2D eigenvalue weighted by Gasteiger charge is 2.15. The SMILES string of the molecule is CCCNCc1oc2c(F)ccc(C)c2c1C. The second-order valence-electron chi connectivity index (χ2n) is 4.40. The van der Waals surface area contributed by atoms with Gasteiger partial charge in [-0.05, 0) is 38.4 Å². The van der Waals surface area contributed by atoms with Crippen molar-refractivity contribution < 1.29 is 8.81 Å². The Labute approximate surface area is 101 Å². The van der Waals surface area contributed by atoms with Crippen LogP contribution in [0.5, 0.6) is 0 Å². The summed E-state index contributed by atoms with van der Waals surface area (Å²) in [4.78, 5) is 0. The fourth-order valence-electron chi connectivity index (χ4n) is 2.11. The van der Waals surface area contributed by atoms with E-state index in [9.17, 15) is 4.39 Å². The van der Waals surface area contributed by atoms with E-state index in [1.54, 1.807) is 6.07 Å². The molecule has 0 aliphatic rings. The number of fused-ring (bicyclic) bond motifs is 1. The number of hydrogen-bond acceptors (Lipinski definition) is 2. The average Bonchev–Trinajstić information content (AvgIpc) is 2.64. The summed E-state index contributed by atoms with van der Waals surface area (Å²) in [7, 11) is 0. The van der Waals surface area contributed by atoms with E-state index in [4.69, 9.17) is 4.42 Å². The molecule has 0 fully saturated rings. The number of aryl methyl sites for hydroxylation is 2. The highest BCUT2D eigenvalue weighted by molar-refractivity contribution is 5.85. The third kappa shape index (κ3) is 2.20. The molecule has 3 heteroatoms. The highest BCUT2D eigenvalue weighted by Crippen LogP contribution is 2.29. The van der Waals surface area contributed by atoms with Gasteiger partial charge in [-0.1, -0.05) is 13.0 Å². The molecule has 0 radical (unpaired) electrons. The van der Waals surface area contributed by atoms with Crippen molar-refractivity contribution in [1.82, 2.24) is 5.32 Å². The minimum absolute atomic E-state index is 0.282. The van der Waals surface area contributed by atoms with Crippen molar-refractivity contribution in [3.63, 3.8) is 0 Å². The van der Waals surface area contributed by atoms with E-state index < -0.39 is 0 Å². The standard InChI is InChI=1S/C14H18FNO/c1-4-7-16-8-12-10(3)13-9(2)5-6-11(15)14(13)17-12/h5-6,16H,4,7-8H2,1-3H3. The monoisotopic (exact) mass is 235 g/mol. The van der Waals surface area contributed by atoms with Crippen LogP contribution in [0, 0.1) is 19.7 Å². The van der Waals surface area contributed by atoms with Crippen molar-refractivity contribution in [2.45, 2.75) is 33.7 Å². The highest BCUT2D eigenvalue weighted by atomic mass is 19.1. The number of nitrogens with one attached hydrogen (secondary N) is 1. The third-order valence-corrected chi connectivity index (χ3v) is 3.05. The zero-order valence-corrected chi connectivity index (χ0v) is 10.6. The second kappa shape index (κ2) is 4.88. The zero-order valence-electron chi connectivity index (χ0n) is 10.6. The number of furan rings is 1. The van der Waals surface area contributed by atoms with Gasteiger partial charge in [-0.3, -0.25) is 0 Å². The summed E-state index contributed by atoms with van der Waals surface area (Å²) in [6.07, 6.45) is 1.08. The van der Waals surface area contributed by atoms with Crippen LogP contribution >= 0.6 is 0 Å². The van der Waals surface area contributed by atoms with Gasteiger partial charge in [-0.15, -0.1) is 0 Å². The van der Waals surface area contributed by atoms with E-state index >= 15 is 0 Å². The molecule has 2 nitrogen and oxygen atoms in total. The molecule has 0 spiro atoms. The molecule has 2 aromatic rings.